The molecule has 19 heteroatoms. The van der Waals surface area contributed by atoms with Crippen LogP contribution in [0.25, 0.3) is 0 Å². The van der Waals surface area contributed by atoms with E-state index in [0.29, 0.717) is 22.2 Å². The van der Waals surface area contributed by atoms with Gasteiger partial charge in [-0.15, -0.1) is 0 Å². The molecule has 0 saturated carbocycles. The molecule has 0 saturated heterocycles. The molecule has 1 amide bonds. The highest BCUT2D eigenvalue weighted by Crippen LogP contribution is 2.54. The number of aromatic nitrogens is 1. The third-order valence-corrected chi connectivity index (χ3v) is 8.88. The monoisotopic (exact) mass is 499 g/mol. The summed E-state index contributed by atoms with van der Waals surface area (Å²) in [5.41, 5.74) is 1.56. The van der Waals surface area contributed by atoms with Gasteiger partial charge >= 0.3 is 0 Å². The van der Waals surface area contributed by atoms with Gasteiger partial charge in [-0.1, -0.05) is 26.3 Å². The highest BCUT2D eigenvalue weighted by atomic mass is 32.2. The van der Waals surface area contributed by atoms with Crippen molar-refractivity contribution in [1.82, 2.24) is 9.29 Å². The van der Waals surface area contributed by atoms with E-state index in [1.165, 1.54) is 22.9 Å². The van der Waals surface area contributed by atoms with Crippen molar-refractivity contribution in [3.05, 3.63) is 35.4 Å². The standard InChI is InChI=1S/C17H33B11FN3O3S/c1-6-9(29)4-8(18)12(11(6)19)30-13(33)10-3-7(5-32(10)2)36(34,35)31-14(15(20,21)22,16(23,24)25)17(26,27)28/h3-5,31H,18-28H2,1-2H3,(H,30,33). The zero-order valence-electron chi connectivity index (χ0n) is 24.2. The molecule has 0 atom stereocenters. The van der Waals surface area contributed by atoms with Gasteiger partial charge in [0.05, 0.1) is 70.6 Å². The van der Waals surface area contributed by atoms with Gasteiger partial charge < -0.3 is 9.88 Å². The van der Waals surface area contributed by atoms with Crippen LogP contribution in [0.5, 0.6) is 0 Å². The number of carbonyl (C=O) groups excluding carboxylic acids is 1. The largest absolute Gasteiger partial charge is 0.345 e. The predicted molar refractivity (Wildman–Crippen MR) is 179 cm³/mol. The van der Waals surface area contributed by atoms with Crippen molar-refractivity contribution in [2.45, 2.75) is 32.7 Å². The van der Waals surface area contributed by atoms with E-state index in [-0.39, 0.29) is 16.4 Å². The summed E-state index contributed by atoms with van der Waals surface area (Å²) in [6.45, 7) is 1.66. The molecular weight excluding hydrogens is 464 g/mol. The number of hydrogen-bond acceptors (Lipinski definition) is 3. The summed E-state index contributed by atoms with van der Waals surface area (Å²) in [4.78, 5) is 13.2. The van der Waals surface area contributed by atoms with Crippen molar-refractivity contribution in [3.8, 4) is 0 Å². The normalized spacial score (nSPS) is 13.4. The number of nitrogens with zero attached hydrogens (tertiary/aromatic N) is 1. The van der Waals surface area contributed by atoms with E-state index in [4.69, 9.17) is 0 Å². The Balaban J connectivity index is 2.56. The van der Waals surface area contributed by atoms with E-state index < -0.39 is 36.8 Å². The molecule has 0 aliphatic carbocycles. The van der Waals surface area contributed by atoms with Crippen LogP contribution in [0.2, 0.25) is 15.3 Å². The Kier molecular flexibility index (Phi) is 8.27. The first-order valence-electron chi connectivity index (χ1n) is 12.3. The van der Waals surface area contributed by atoms with Crippen molar-refractivity contribution in [3.63, 3.8) is 0 Å². The van der Waals surface area contributed by atoms with Gasteiger partial charge in [0, 0.05) is 18.9 Å². The fourth-order valence-electron chi connectivity index (χ4n) is 6.40. The van der Waals surface area contributed by atoms with Gasteiger partial charge in [-0.05, 0) is 30.2 Å². The van der Waals surface area contributed by atoms with E-state index in [9.17, 15) is 17.6 Å². The van der Waals surface area contributed by atoms with Crippen LogP contribution in [-0.4, -0.2) is 111 Å². The second kappa shape index (κ2) is 9.68. The maximum absolute atomic E-state index is 14.1. The maximum Gasteiger partial charge on any atom is 0.272 e. The average Bonchev–Trinajstić information content (AvgIpc) is 3.07. The summed E-state index contributed by atoms with van der Waals surface area (Å²) >= 11 is 0. The number of carbonyl (C=O) groups is 1. The molecule has 2 aromatic rings. The van der Waals surface area contributed by atoms with Gasteiger partial charge in [-0.2, -0.15) is 0 Å². The minimum absolute atomic E-state index is 0.0148. The predicted octanol–water partition coefficient (Wildman–Crippen LogP) is -9.82. The van der Waals surface area contributed by atoms with Crippen molar-refractivity contribution < 1.29 is 17.6 Å². The molecule has 2 N–H and O–H groups in total. The van der Waals surface area contributed by atoms with Crippen LogP contribution in [0.4, 0.5) is 10.1 Å². The third-order valence-electron chi connectivity index (χ3n) is 7.46. The van der Waals surface area contributed by atoms with Crippen LogP contribution < -0.4 is 21.0 Å². The van der Waals surface area contributed by atoms with Crippen LogP contribution in [0, 0.1) is 12.7 Å². The van der Waals surface area contributed by atoms with Crippen LogP contribution in [0.3, 0.4) is 0 Å². The summed E-state index contributed by atoms with van der Waals surface area (Å²) in [7, 11) is 19.5. The molecule has 0 radical (unpaired) electrons. The molecule has 6 nitrogen and oxygen atoms in total. The second-order valence-corrected chi connectivity index (χ2v) is 14.7. The van der Waals surface area contributed by atoms with Crippen molar-refractivity contribution in [2.75, 3.05) is 5.32 Å². The molecule has 1 aromatic heterocycles. The molecule has 0 unspecified atom stereocenters. The number of nitrogens with one attached hydrogen (secondary N) is 2. The lowest BCUT2D eigenvalue weighted by molar-refractivity contribution is 0.101. The fourth-order valence-corrected chi connectivity index (χ4v) is 8.41. The van der Waals surface area contributed by atoms with E-state index in [0.717, 1.165) is 0 Å². The van der Waals surface area contributed by atoms with E-state index in [2.05, 4.69) is 10.0 Å². The topological polar surface area (TPSA) is 80.2 Å². The van der Waals surface area contributed by atoms with Gasteiger partial charge in [0.1, 0.15) is 32.1 Å². The second-order valence-electron chi connectivity index (χ2n) is 13.0. The molecule has 0 aliphatic heterocycles. The number of benzene rings is 1. The SMILES string of the molecule is Bc1cc(F)c(C)c(B)c1NC(=O)c1cc(S(=O)(=O)NC(C(B)(B)B)(C(B)(B)B)C(B)(B)B)cn1C. The Labute approximate surface area is 225 Å². The van der Waals surface area contributed by atoms with E-state index >= 15 is 0 Å². The number of halogens is 1. The van der Waals surface area contributed by atoms with Crippen LogP contribution in [0.15, 0.2) is 23.2 Å². The van der Waals surface area contributed by atoms with Gasteiger partial charge in [0.25, 0.3) is 5.91 Å². The molecule has 0 bridgehead atoms. The molecule has 0 fully saturated rings. The van der Waals surface area contributed by atoms with Crippen molar-refractivity contribution in [1.29, 1.82) is 0 Å². The summed E-state index contributed by atoms with van der Waals surface area (Å²) in [6, 6.07) is 2.77. The lowest BCUT2D eigenvalue weighted by Crippen LogP contribution is -2.71. The Morgan fingerprint density at radius 2 is 1.42 bits per heavy atom. The van der Waals surface area contributed by atoms with E-state index in [1.807, 2.05) is 70.6 Å². The molecule has 0 spiro atoms. The van der Waals surface area contributed by atoms with Gasteiger partial charge in [-0.25, -0.2) is 17.5 Å². The number of amides is 1. The summed E-state index contributed by atoms with van der Waals surface area (Å²) in [6.07, 6.45) is 1.45. The van der Waals surface area contributed by atoms with Crippen molar-refractivity contribution in [2.24, 2.45) is 7.05 Å². The first-order valence-corrected chi connectivity index (χ1v) is 13.7. The Morgan fingerprint density at radius 1 is 0.944 bits per heavy atom. The first kappa shape index (κ1) is 30.7. The number of sulfonamides is 1. The Morgan fingerprint density at radius 3 is 1.86 bits per heavy atom. The highest BCUT2D eigenvalue weighted by Gasteiger charge is 2.57. The molecule has 180 valence electrons. The molecule has 1 aromatic carbocycles. The highest BCUT2D eigenvalue weighted by molar-refractivity contribution is 7.89. The summed E-state index contributed by atoms with van der Waals surface area (Å²) in [5.74, 6) is -0.800. The first-order chi connectivity index (χ1) is 16.0. The van der Waals surface area contributed by atoms with Gasteiger partial charge in [0.15, 0.2) is 0 Å². The lowest BCUT2D eigenvalue weighted by atomic mass is 9.12. The number of rotatable bonds is 8. The molecule has 2 rings (SSSR count). The quantitative estimate of drug-likeness (QED) is 0.356. The van der Waals surface area contributed by atoms with Crippen LogP contribution >= 0.6 is 0 Å². The maximum atomic E-state index is 14.1. The van der Waals surface area contributed by atoms with Crippen LogP contribution in [0.1, 0.15) is 16.1 Å². The lowest BCUT2D eigenvalue weighted by Gasteiger charge is -2.63. The van der Waals surface area contributed by atoms with E-state index in [1.54, 1.807) is 29.7 Å². The molecule has 0 aliphatic rings. The minimum Gasteiger partial charge on any atom is -0.345 e. The summed E-state index contributed by atoms with van der Waals surface area (Å²) in [5, 5.41) is 1.56. The Hall–Kier alpha value is -1.48. The zero-order chi connectivity index (χ0) is 28.2. The minimum atomic E-state index is -4.00. The van der Waals surface area contributed by atoms with Crippen molar-refractivity contribution >= 4 is 119 Å². The molecular formula is C17H33B11FN3O3S. The third kappa shape index (κ3) is 5.38. The molecule has 36 heavy (non-hydrogen) atoms. The zero-order valence-corrected chi connectivity index (χ0v) is 25.0. The number of hydrogen-bond donors (Lipinski definition) is 2. The van der Waals surface area contributed by atoms with Gasteiger partial charge in [0.2, 0.25) is 10.0 Å². The summed E-state index contributed by atoms with van der Waals surface area (Å²) < 4.78 is 46.3. The molecule has 1 heterocycles. The number of aryl methyl sites for hydroxylation is 1. The average molecular weight is 497 g/mol. The number of anilines is 1. The smallest absolute Gasteiger partial charge is 0.272 e. The van der Waals surface area contributed by atoms with Crippen LogP contribution in [-0.2, 0) is 17.1 Å². The van der Waals surface area contributed by atoms with Gasteiger partial charge in [-0.3, -0.25) is 4.79 Å². The fraction of sp³-hybridized carbons (Fsp3) is 0.353. The Bertz CT molecular complexity index is 1260.